The molecule has 1 aromatic rings. The van der Waals surface area contributed by atoms with Crippen LogP contribution in [0.25, 0.3) is 0 Å². The Bertz CT molecular complexity index is 460. The molecule has 7 heteroatoms. The molecule has 1 aromatic carbocycles. The number of methoxy groups -OCH3 is 1. The number of hydrogen-bond acceptors (Lipinski definition) is 5. The number of nitrogens with zero attached hydrogens (tertiary/aromatic N) is 1. The van der Waals surface area contributed by atoms with Gasteiger partial charge in [-0.3, -0.25) is 14.9 Å². The Morgan fingerprint density at radius 1 is 1.37 bits per heavy atom. The van der Waals surface area contributed by atoms with Crippen molar-refractivity contribution in [2.75, 3.05) is 13.7 Å². The summed E-state index contributed by atoms with van der Waals surface area (Å²) < 4.78 is 4.57. The van der Waals surface area contributed by atoms with Crippen LogP contribution in [-0.4, -0.2) is 36.5 Å². The average molecular weight is 266 g/mol. The number of nitro groups is 1. The molecule has 19 heavy (non-hydrogen) atoms. The number of esters is 1. The number of nitrogens with one attached hydrogen (secondary N) is 1. The first-order valence-corrected chi connectivity index (χ1v) is 5.56. The minimum absolute atomic E-state index is 0.219. The first-order chi connectivity index (χ1) is 9.02. The molecule has 7 nitrogen and oxygen atoms in total. The van der Waals surface area contributed by atoms with E-state index in [9.17, 15) is 19.7 Å². The van der Waals surface area contributed by atoms with E-state index in [1.165, 1.54) is 7.11 Å². The molecule has 1 atom stereocenters. The first kappa shape index (κ1) is 14.6. The minimum atomic E-state index is -0.931. The molecule has 0 bridgehead atoms. The summed E-state index contributed by atoms with van der Waals surface area (Å²) in [6.45, 7) is -0.873. The second-order valence-corrected chi connectivity index (χ2v) is 3.82. The van der Waals surface area contributed by atoms with Gasteiger partial charge >= 0.3 is 5.97 Å². The smallest absolute Gasteiger partial charge is 0.328 e. The second kappa shape index (κ2) is 7.10. The van der Waals surface area contributed by atoms with Gasteiger partial charge in [0.15, 0.2) is 0 Å². The molecule has 1 rings (SSSR count). The highest BCUT2D eigenvalue weighted by molar-refractivity contribution is 5.85. The summed E-state index contributed by atoms with van der Waals surface area (Å²) in [5.41, 5.74) is 0.819. The van der Waals surface area contributed by atoms with Crippen LogP contribution in [0.5, 0.6) is 0 Å². The van der Waals surface area contributed by atoms with Crippen molar-refractivity contribution in [1.82, 2.24) is 5.32 Å². The van der Waals surface area contributed by atoms with Gasteiger partial charge in [-0.2, -0.15) is 0 Å². The lowest BCUT2D eigenvalue weighted by Crippen LogP contribution is -2.45. The Hall–Kier alpha value is -2.44. The molecule has 0 aliphatic carbocycles. The monoisotopic (exact) mass is 266 g/mol. The fourth-order valence-corrected chi connectivity index (χ4v) is 1.54. The summed E-state index contributed by atoms with van der Waals surface area (Å²) >= 11 is 0. The van der Waals surface area contributed by atoms with Gasteiger partial charge in [0.25, 0.3) is 12.5 Å². The number of ether oxygens (including phenoxy) is 1. The summed E-state index contributed by atoms with van der Waals surface area (Å²) in [5, 5.41) is 12.5. The molecule has 1 unspecified atom stereocenters. The van der Waals surface area contributed by atoms with E-state index in [0.717, 1.165) is 5.56 Å². The van der Waals surface area contributed by atoms with Gasteiger partial charge in [0.05, 0.1) is 7.11 Å². The van der Waals surface area contributed by atoms with Crippen molar-refractivity contribution < 1.29 is 19.2 Å². The molecule has 1 N–H and O–H groups in total. The van der Waals surface area contributed by atoms with Gasteiger partial charge in [-0.1, -0.05) is 30.3 Å². The van der Waals surface area contributed by atoms with Gasteiger partial charge in [-0.15, -0.1) is 0 Å². The van der Waals surface area contributed by atoms with E-state index in [4.69, 9.17) is 0 Å². The number of benzene rings is 1. The zero-order valence-electron chi connectivity index (χ0n) is 10.4. The van der Waals surface area contributed by atoms with Crippen LogP contribution in [0.2, 0.25) is 0 Å². The van der Waals surface area contributed by atoms with E-state index < -0.39 is 29.4 Å². The molecule has 0 aromatic heterocycles. The summed E-state index contributed by atoms with van der Waals surface area (Å²) in [7, 11) is 1.19. The van der Waals surface area contributed by atoms with Crippen molar-refractivity contribution in [2.24, 2.45) is 0 Å². The Morgan fingerprint density at radius 2 is 2.00 bits per heavy atom. The van der Waals surface area contributed by atoms with Gasteiger partial charge in [0.1, 0.15) is 6.04 Å². The lowest BCUT2D eigenvalue weighted by molar-refractivity contribution is -0.467. The van der Waals surface area contributed by atoms with E-state index in [-0.39, 0.29) is 6.42 Å². The maximum absolute atomic E-state index is 11.5. The largest absolute Gasteiger partial charge is 0.467 e. The normalized spacial score (nSPS) is 11.4. The molecular weight excluding hydrogens is 252 g/mol. The molecule has 102 valence electrons. The van der Waals surface area contributed by atoms with Crippen molar-refractivity contribution in [3.63, 3.8) is 0 Å². The highest BCUT2D eigenvalue weighted by Crippen LogP contribution is 2.04. The SMILES string of the molecule is COC(=O)C(Cc1ccccc1)NC(=O)C[N+](=O)[O-]. The van der Waals surface area contributed by atoms with E-state index >= 15 is 0 Å². The summed E-state index contributed by atoms with van der Waals surface area (Å²) in [5.74, 6) is -1.46. The van der Waals surface area contributed by atoms with Gasteiger partial charge < -0.3 is 10.1 Å². The molecule has 0 fully saturated rings. The Morgan fingerprint density at radius 3 is 2.53 bits per heavy atom. The van der Waals surface area contributed by atoms with Crippen LogP contribution in [0.4, 0.5) is 0 Å². The zero-order valence-corrected chi connectivity index (χ0v) is 10.4. The third-order valence-corrected chi connectivity index (χ3v) is 2.38. The molecule has 0 saturated carbocycles. The number of hydrogen-bond donors (Lipinski definition) is 1. The van der Waals surface area contributed by atoms with Crippen LogP contribution in [-0.2, 0) is 20.7 Å². The predicted molar refractivity (Wildman–Crippen MR) is 66.0 cm³/mol. The number of rotatable bonds is 6. The summed E-state index contributed by atoms with van der Waals surface area (Å²) in [4.78, 5) is 32.3. The fraction of sp³-hybridized carbons (Fsp3) is 0.333. The Labute approximate surface area is 109 Å². The molecule has 0 radical (unpaired) electrons. The third-order valence-electron chi connectivity index (χ3n) is 2.38. The van der Waals surface area contributed by atoms with Gasteiger partial charge in [-0.05, 0) is 5.56 Å². The highest BCUT2D eigenvalue weighted by atomic mass is 16.6. The van der Waals surface area contributed by atoms with Crippen molar-refractivity contribution in [3.05, 3.63) is 46.0 Å². The van der Waals surface area contributed by atoms with Crippen LogP contribution < -0.4 is 5.32 Å². The van der Waals surface area contributed by atoms with Crippen molar-refractivity contribution in [2.45, 2.75) is 12.5 Å². The number of amides is 1. The fourth-order valence-electron chi connectivity index (χ4n) is 1.54. The van der Waals surface area contributed by atoms with Crippen molar-refractivity contribution in [1.29, 1.82) is 0 Å². The Kier molecular flexibility index (Phi) is 5.46. The lowest BCUT2D eigenvalue weighted by Gasteiger charge is -2.15. The molecule has 0 heterocycles. The predicted octanol–water partition coefficient (Wildman–Crippen LogP) is 0.164. The van der Waals surface area contributed by atoms with Gasteiger partial charge in [-0.25, -0.2) is 4.79 Å². The topological polar surface area (TPSA) is 98.5 Å². The molecule has 0 saturated heterocycles. The summed E-state index contributed by atoms with van der Waals surface area (Å²) in [6, 6.07) is 8.05. The average Bonchev–Trinajstić information content (AvgIpc) is 2.37. The quantitative estimate of drug-likeness (QED) is 0.449. The van der Waals surface area contributed by atoms with E-state index in [1.807, 2.05) is 6.07 Å². The Balaban J connectivity index is 2.70. The number of carbonyl (C=O) groups excluding carboxylic acids is 2. The van der Waals surface area contributed by atoms with Crippen LogP contribution in [0.1, 0.15) is 5.56 Å². The second-order valence-electron chi connectivity index (χ2n) is 3.82. The molecular formula is C12H14N2O5. The van der Waals surface area contributed by atoms with Crippen molar-refractivity contribution >= 4 is 11.9 Å². The maximum atomic E-state index is 11.5. The van der Waals surface area contributed by atoms with Crippen LogP contribution in [0.3, 0.4) is 0 Å². The van der Waals surface area contributed by atoms with E-state index in [2.05, 4.69) is 10.1 Å². The molecule has 0 aliphatic heterocycles. The highest BCUT2D eigenvalue weighted by Gasteiger charge is 2.23. The van der Waals surface area contributed by atoms with Crippen molar-refractivity contribution in [3.8, 4) is 0 Å². The minimum Gasteiger partial charge on any atom is -0.467 e. The third kappa shape index (κ3) is 5.15. The van der Waals surface area contributed by atoms with Gasteiger partial charge in [0, 0.05) is 11.3 Å². The van der Waals surface area contributed by atoms with Crippen LogP contribution in [0, 0.1) is 10.1 Å². The van der Waals surface area contributed by atoms with Crippen LogP contribution in [0.15, 0.2) is 30.3 Å². The number of carbonyl (C=O) groups is 2. The van der Waals surface area contributed by atoms with Crippen LogP contribution >= 0.6 is 0 Å². The standard InChI is InChI=1S/C12H14N2O5/c1-19-12(16)10(13-11(15)8-14(17)18)7-9-5-3-2-4-6-9/h2-6,10H,7-8H2,1H3,(H,13,15). The molecule has 0 aliphatic rings. The lowest BCUT2D eigenvalue weighted by atomic mass is 10.1. The van der Waals surface area contributed by atoms with E-state index in [1.54, 1.807) is 24.3 Å². The molecule has 0 spiro atoms. The molecule has 1 amide bonds. The zero-order chi connectivity index (χ0) is 14.3. The van der Waals surface area contributed by atoms with E-state index in [0.29, 0.717) is 0 Å². The summed E-state index contributed by atoms with van der Waals surface area (Å²) in [6.07, 6.45) is 0.219. The van der Waals surface area contributed by atoms with Gasteiger partial charge in [0.2, 0.25) is 0 Å². The maximum Gasteiger partial charge on any atom is 0.328 e. The first-order valence-electron chi connectivity index (χ1n) is 5.56.